The highest BCUT2D eigenvalue weighted by Gasteiger charge is 2.21. The van der Waals surface area contributed by atoms with Gasteiger partial charge in [-0.05, 0) is 33.0 Å². The number of benzene rings is 1. The normalized spacial score (nSPS) is 15.1. The Bertz CT molecular complexity index is 391. The molecule has 0 amide bonds. The minimum absolute atomic E-state index is 0.660. The molecule has 0 saturated heterocycles. The first-order valence-electron chi connectivity index (χ1n) is 6.45. The molecule has 1 aliphatic carbocycles. The lowest BCUT2D eigenvalue weighted by atomic mass is 10.2. The van der Waals surface area contributed by atoms with Crippen LogP contribution in [0.15, 0.2) is 18.2 Å². The summed E-state index contributed by atoms with van der Waals surface area (Å²) in [5, 5.41) is 4.19. The number of nitrogens with zero attached hydrogens (tertiary/aromatic N) is 1. The summed E-state index contributed by atoms with van der Waals surface area (Å²) in [6.45, 7) is 2.39. The van der Waals surface area contributed by atoms with E-state index in [1.807, 2.05) is 26.2 Å². The molecule has 3 nitrogen and oxygen atoms in total. The maximum atomic E-state index is 6.21. The van der Waals surface area contributed by atoms with Crippen LogP contribution < -0.4 is 10.1 Å². The Morgan fingerprint density at radius 3 is 2.83 bits per heavy atom. The fourth-order valence-electron chi connectivity index (χ4n) is 1.73. The van der Waals surface area contributed by atoms with Gasteiger partial charge >= 0.3 is 0 Å². The van der Waals surface area contributed by atoms with Gasteiger partial charge in [-0.2, -0.15) is 0 Å². The van der Waals surface area contributed by atoms with Crippen molar-refractivity contribution in [2.24, 2.45) is 0 Å². The topological polar surface area (TPSA) is 24.5 Å². The molecule has 1 N–H and O–H groups in total. The van der Waals surface area contributed by atoms with Crippen molar-refractivity contribution < 1.29 is 4.74 Å². The van der Waals surface area contributed by atoms with Crippen LogP contribution in [0.25, 0.3) is 0 Å². The zero-order chi connectivity index (χ0) is 13.0. The summed E-state index contributed by atoms with van der Waals surface area (Å²) in [6.07, 6.45) is 2.58. The molecule has 1 aliphatic rings. The first kappa shape index (κ1) is 13.7. The van der Waals surface area contributed by atoms with Gasteiger partial charge in [0, 0.05) is 24.7 Å². The standard InChI is InChI=1S/C14H21ClN2O/c1-17(2)8-9-18-14-11(4-3-5-13(14)15)10-16-12-6-7-12/h3-5,12,16H,6-10H2,1-2H3. The molecule has 1 aromatic carbocycles. The number of rotatable bonds is 7. The van der Waals surface area contributed by atoms with Crippen molar-refractivity contribution in [1.29, 1.82) is 0 Å². The molecule has 0 unspecified atom stereocenters. The Morgan fingerprint density at radius 2 is 2.17 bits per heavy atom. The summed E-state index contributed by atoms with van der Waals surface area (Å²) in [5.74, 6) is 0.828. The van der Waals surface area contributed by atoms with Crippen molar-refractivity contribution in [3.63, 3.8) is 0 Å². The van der Waals surface area contributed by atoms with Crippen LogP contribution in [0.5, 0.6) is 5.75 Å². The largest absolute Gasteiger partial charge is 0.490 e. The molecule has 0 spiro atoms. The third-order valence-electron chi connectivity index (χ3n) is 2.99. The van der Waals surface area contributed by atoms with Gasteiger partial charge in [-0.25, -0.2) is 0 Å². The van der Waals surface area contributed by atoms with E-state index >= 15 is 0 Å². The van der Waals surface area contributed by atoms with Crippen LogP contribution in [-0.4, -0.2) is 38.2 Å². The van der Waals surface area contributed by atoms with Gasteiger partial charge in [0.1, 0.15) is 12.4 Å². The van der Waals surface area contributed by atoms with Gasteiger partial charge in [0.25, 0.3) is 0 Å². The maximum absolute atomic E-state index is 6.21. The second kappa shape index (κ2) is 6.41. The molecule has 1 fully saturated rings. The van der Waals surface area contributed by atoms with Gasteiger partial charge in [-0.3, -0.25) is 0 Å². The number of ether oxygens (including phenoxy) is 1. The minimum Gasteiger partial charge on any atom is -0.490 e. The summed E-state index contributed by atoms with van der Waals surface area (Å²) >= 11 is 6.21. The van der Waals surface area contributed by atoms with Crippen LogP contribution >= 0.6 is 11.6 Å². The van der Waals surface area contributed by atoms with Gasteiger partial charge in [0.2, 0.25) is 0 Å². The molecule has 0 aromatic heterocycles. The molecule has 4 heteroatoms. The van der Waals surface area contributed by atoms with Gasteiger partial charge in [0.15, 0.2) is 0 Å². The lowest BCUT2D eigenvalue weighted by Crippen LogP contribution is -2.21. The zero-order valence-corrected chi connectivity index (χ0v) is 11.8. The van der Waals surface area contributed by atoms with E-state index in [2.05, 4.69) is 16.3 Å². The lowest BCUT2D eigenvalue weighted by molar-refractivity contribution is 0.259. The van der Waals surface area contributed by atoms with Gasteiger partial charge in [-0.15, -0.1) is 0 Å². The van der Waals surface area contributed by atoms with Crippen molar-refractivity contribution in [3.8, 4) is 5.75 Å². The van der Waals surface area contributed by atoms with Crippen LogP contribution in [0.1, 0.15) is 18.4 Å². The van der Waals surface area contributed by atoms with Crippen molar-refractivity contribution in [3.05, 3.63) is 28.8 Å². The quantitative estimate of drug-likeness (QED) is 0.823. The average molecular weight is 269 g/mol. The molecule has 100 valence electrons. The highest BCUT2D eigenvalue weighted by atomic mass is 35.5. The van der Waals surface area contributed by atoms with E-state index in [9.17, 15) is 0 Å². The van der Waals surface area contributed by atoms with E-state index in [-0.39, 0.29) is 0 Å². The summed E-state index contributed by atoms with van der Waals surface area (Å²) < 4.78 is 5.82. The highest BCUT2D eigenvalue weighted by molar-refractivity contribution is 6.32. The molecule has 18 heavy (non-hydrogen) atoms. The van der Waals surface area contributed by atoms with E-state index in [1.165, 1.54) is 12.8 Å². The molecule has 0 atom stereocenters. The predicted molar refractivity (Wildman–Crippen MR) is 75.4 cm³/mol. The second-order valence-electron chi connectivity index (χ2n) is 5.03. The van der Waals surface area contributed by atoms with E-state index in [4.69, 9.17) is 16.3 Å². The van der Waals surface area contributed by atoms with E-state index in [1.54, 1.807) is 0 Å². The SMILES string of the molecule is CN(C)CCOc1c(Cl)cccc1CNC1CC1. The van der Waals surface area contributed by atoms with Crippen LogP contribution in [-0.2, 0) is 6.54 Å². The fourth-order valence-corrected chi connectivity index (χ4v) is 1.98. The number of likely N-dealkylation sites (N-methyl/N-ethyl adjacent to an activating group) is 1. The monoisotopic (exact) mass is 268 g/mol. The number of hydrogen-bond donors (Lipinski definition) is 1. The second-order valence-corrected chi connectivity index (χ2v) is 5.44. The van der Waals surface area contributed by atoms with E-state index < -0.39 is 0 Å². The Kier molecular flexibility index (Phi) is 4.87. The van der Waals surface area contributed by atoms with E-state index in [0.717, 1.165) is 24.4 Å². The van der Waals surface area contributed by atoms with Crippen molar-refractivity contribution in [1.82, 2.24) is 10.2 Å². The van der Waals surface area contributed by atoms with Crippen LogP contribution in [0.2, 0.25) is 5.02 Å². The molecule has 0 bridgehead atoms. The summed E-state index contributed by atoms with van der Waals surface area (Å²) in [7, 11) is 4.07. The van der Waals surface area contributed by atoms with Crippen molar-refractivity contribution in [2.45, 2.75) is 25.4 Å². The van der Waals surface area contributed by atoms with Crippen molar-refractivity contribution >= 4 is 11.6 Å². The Morgan fingerprint density at radius 1 is 1.39 bits per heavy atom. The highest BCUT2D eigenvalue weighted by Crippen LogP contribution is 2.29. The molecular weight excluding hydrogens is 248 g/mol. The first-order chi connectivity index (χ1) is 8.66. The Labute approximate surface area is 114 Å². The number of nitrogens with one attached hydrogen (secondary N) is 1. The molecule has 0 heterocycles. The van der Waals surface area contributed by atoms with Crippen LogP contribution in [0.3, 0.4) is 0 Å². The van der Waals surface area contributed by atoms with E-state index in [0.29, 0.717) is 17.7 Å². The zero-order valence-electron chi connectivity index (χ0n) is 11.1. The van der Waals surface area contributed by atoms with Crippen molar-refractivity contribution in [2.75, 3.05) is 27.2 Å². The van der Waals surface area contributed by atoms with Gasteiger partial charge in [0.05, 0.1) is 5.02 Å². The summed E-state index contributed by atoms with van der Waals surface area (Å²) in [4.78, 5) is 2.10. The molecule has 2 rings (SSSR count). The predicted octanol–water partition coefficient (Wildman–Crippen LogP) is 2.53. The molecule has 1 saturated carbocycles. The Hall–Kier alpha value is -0.770. The molecule has 0 radical (unpaired) electrons. The average Bonchev–Trinajstić information content (AvgIpc) is 3.12. The summed E-state index contributed by atoms with van der Waals surface area (Å²) in [6, 6.07) is 6.63. The third kappa shape index (κ3) is 4.16. The molecule has 1 aromatic rings. The minimum atomic E-state index is 0.660. The lowest BCUT2D eigenvalue weighted by Gasteiger charge is -2.15. The van der Waals surface area contributed by atoms with Gasteiger partial charge < -0.3 is 15.0 Å². The number of para-hydroxylation sites is 1. The smallest absolute Gasteiger partial charge is 0.142 e. The molecular formula is C14H21ClN2O. The summed E-state index contributed by atoms with van der Waals surface area (Å²) in [5.41, 5.74) is 1.15. The number of halogens is 1. The molecule has 0 aliphatic heterocycles. The van der Waals surface area contributed by atoms with Crippen LogP contribution in [0, 0.1) is 0 Å². The van der Waals surface area contributed by atoms with Crippen LogP contribution in [0.4, 0.5) is 0 Å². The third-order valence-corrected chi connectivity index (χ3v) is 3.29. The number of hydrogen-bond acceptors (Lipinski definition) is 3. The first-order valence-corrected chi connectivity index (χ1v) is 6.83. The Balaban J connectivity index is 1.95. The maximum Gasteiger partial charge on any atom is 0.142 e. The van der Waals surface area contributed by atoms with Gasteiger partial charge in [-0.1, -0.05) is 23.7 Å². The fraction of sp³-hybridized carbons (Fsp3) is 0.571.